The van der Waals surface area contributed by atoms with Gasteiger partial charge in [0.1, 0.15) is 41.5 Å². The summed E-state index contributed by atoms with van der Waals surface area (Å²) in [7, 11) is 0. The van der Waals surface area contributed by atoms with E-state index in [9.17, 15) is 37.5 Å². The standard InChI is InChI=1S/C46H64F3N3O12/c1-6-8-10-21-44(22-11-9-7-2)62-36-33-25-45(42(58)51-23-13-16-32(51)40(56)50-31(27-53)18-20-35(55)61-43(3,4)5)38(41(57)60-33)52(64-39(45)37(36)63-44)26-30-15-12-14-29(24-30)17-19-34(54)59-28-46(47,48)49/h12,14-15,17,19,24,31-33,36-39,53H,6-11,13,16,18,20-23,25-28H2,1-5H3,(H,50,56). The summed E-state index contributed by atoms with van der Waals surface area (Å²) in [6.07, 6.45) is 1.68. The number of hydrogen-bond acceptors (Lipinski definition) is 13. The van der Waals surface area contributed by atoms with Gasteiger partial charge in [0.25, 0.3) is 0 Å². The summed E-state index contributed by atoms with van der Waals surface area (Å²) in [5, 5.41) is 14.4. The van der Waals surface area contributed by atoms with Crippen molar-refractivity contribution < 1.29 is 70.8 Å². The van der Waals surface area contributed by atoms with Crippen molar-refractivity contribution in [3.05, 3.63) is 41.5 Å². The third-order valence-electron chi connectivity index (χ3n) is 12.6. The Morgan fingerprint density at radius 3 is 2.39 bits per heavy atom. The topological polar surface area (TPSA) is 179 Å². The molecule has 356 valence electrons. The van der Waals surface area contributed by atoms with Crippen molar-refractivity contribution in [3.8, 4) is 0 Å². The van der Waals surface area contributed by atoms with Crippen molar-refractivity contribution in [2.24, 2.45) is 5.41 Å². The summed E-state index contributed by atoms with van der Waals surface area (Å²) in [5.74, 6) is -4.32. The van der Waals surface area contributed by atoms with E-state index in [1.807, 2.05) is 0 Å². The molecule has 0 radical (unpaired) electrons. The van der Waals surface area contributed by atoms with Gasteiger partial charge in [-0.3, -0.25) is 24.0 Å². The van der Waals surface area contributed by atoms with Crippen molar-refractivity contribution in [1.29, 1.82) is 0 Å². The number of nitrogens with zero attached hydrogens (tertiary/aromatic N) is 2. The highest BCUT2D eigenvalue weighted by Crippen LogP contribution is 2.59. The van der Waals surface area contributed by atoms with Gasteiger partial charge >= 0.3 is 24.1 Å². The number of esters is 3. The van der Waals surface area contributed by atoms with E-state index in [1.54, 1.807) is 45.0 Å². The van der Waals surface area contributed by atoms with E-state index in [-0.39, 0.29) is 32.4 Å². The molecule has 1 aromatic carbocycles. The van der Waals surface area contributed by atoms with Crippen LogP contribution in [0.15, 0.2) is 30.3 Å². The number of hydroxylamine groups is 2. The third-order valence-corrected chi connectivity index (χ3v) is 12.6. The number of alkyl halides is 3. The van der Waals surface area contributed by atoms with Gasteiger partial charge in [-0.05, 0) is 70.1 Å². The predicted molar refractivity (Wildman–Crippen MR) is 223 cm³/mol. The first-order valence-corrected chi connectivity index (χ1v) is 22.8. The molecule has 15 nitrogen and oxygen atoms in total. The highest BCUT2D eigenvalue weighted by atomic mass is 19.4. The molecular weight excluding hydrogens is 844 g/mol. The van der Waals surface area contributed by atoms with Crippen LogP contribution in [0.3, 0.4) is 0 Å². The first-order chi connectivity index (χ1) is 30.3. The fourth-order valence-corrected chi connectivity index (χ4v) is 9.76. The Morgan fingerprint density at radius 2 is 1.73 bits per heavy atom. The largest absolute Gasteiger partial charge is 0.460 e. The van der Waals surface area contributed by atoms with Crippen LogP contribution in [0.4, 0.5) is 13.2 Å². The van der Waals surface area contributed by atoms with E-state index in [1.165, 1.54) is 16.0 Å². The Morgan fingerprint density at radius 1 is 1.03 bits per heavy atom. The molecule has 5 aliphatic rings. The lowest BCUT2D eigenvalue weighted by Gasteiger charge is -2.50. The normalized spacial score (nSPS) is 27.9. The summed E-state index contributed by atoms with van der Waals surface area (Å²) in [5.41, 5.74) is -1.25. The summed E-state index contributed by atoms with van der Waals surface area (Å²) < 4.78 is 67.5. The fourth-order valence-electron chi connectivity index (χ4n) is 9.76. The maximum Gasteiger partial charge on any atom is 0.422 e. The average Bonchev–Trinajstić information content (AvgIpc) is 3.96. The number of carbonyl (C=O) groups excluding carboxylic acids is 5. The van der Waals surface area contributed by atoms with Gasteiger partial charge in [-0.15, -0.1) is 0 Å². The number of unbranched alkanes of at least 4 members (excludes halogenated alkanes) is 4. The van der Waals surface area contributed by atoms with E-state index >= 15 is 4.79 Å². The summed E-state index contributed by atoms with van der Waals surface area (Å²) in [6.45, 7) is 7.45. The smallest absolute Gasteiger partial charge is 0.422 e. The number of ether oxygens (including phenoxy) is 5. The number of aliphatic hydroxyl groups is 1. The maximum absolute atomic E-state index is 15.5. The first kappa shape index (κ1) is 49.3. The van der Waals surface area contributed by atoms with E-state index in [2.05, 4.69) is 23.9 Å². The number of amides is 2. The monoisotopic (exact) mass is 907 g/mol. The molecule has 4 saturated heterocycles. The highest BCUT2D eigenvalue weighted by molar-refractivity contribution is 5.96. The van der Waals surface area contributed by atoms with Crippen LogP contribution < -0.4 is 5.32 Å². The van der Waals surface area contributed by atoms with Gasteiger partial charge < -0.3 is 39.0 Å². The van der Waals surface area contributed by atoms with Gasteiger partial charge in [-0.25, -0.2) is 4.79 Å². The number of rotatable bonds is 20. The quantitative estimate of drug-likeness (QED) is 0.0691. The molecule has 2 N–H and O–H groups in total. The van der Waals surface area contributed by atoms with Crippen LogP contribution in [0.25, 0.3) is 6.08 Å². The zero-order chi connectivity index (χ0) is 46.5. The van der Waals surface area contributed by atoms with E-state index < -0.39 is 108 Å². The summed E-state index contributed by atoms with van der Waals surface area (Å²) >= 11 is 0. The molecule has 64 heavy (non-hydrogen) atoms. The molecule has 8 atom stereocenters. The molecule has 1 aliphatic carbocycles. The Balaban J connectivity index is 1.30. The number of halogens is 3. The zero-order valence-corrected chi connectivity index (χ0v) is 37.5. The lowest BCUT2D eigenvalue weighted by atomic mass is 9.62. The van der Waals surface area contributed by atoms with Crippen molar-refractivity contribution in [3.63, 3.8) is 0 Å². The second-order valence-electron chi connectivity index (χ2n) is 18.7. The zero-order valence-electron chi connectivity index (χ0n) is 37.5. The van der Waals surface area contributed by atoms with Gasteiger partial charge in [0, 0.05) is 38.3 Å². The van der Waals surface area contributed by atoms with Crippen molar-refractivity contribution in [2.75, 3.05) is 19.8 Å². The Kier molecular flexibility index (Phi) is 15.9. The van der Waals surface area contributed by atoms with Gasteiger partial charge in [0.2, 0.25) is 11.8 Å². The van der Waals surface area contributed by atoms with Crippen LogP contribution in [-0.4, -0.2) is 125 Å². The lowest BCUT2D eigenvalue weighted by molar-refractivity contribution is -0.225. The van der Waals surface area contributed by atoms with Gasteiger partial charge in [0.05, 0.1) is 19.2 Å². The second kappa shape index (κ2) is 20.6. The molecule has 0 aromatic heterocycles. The van der Waals surface area contributed by atoms with Crippen molar-refractivity contribution in [2.45, 2.75) is 185 Å². The molecule has 4 heterocycles. The number of fused-ring (bicyclic) bond motifs is 4. The van der Waals surface area contributed by atoms with Gasteiger partial charge in [-0.2, -0.15) is 18.2 Å². The molecule has 18 heteroatoms. The minimum Gasteiger partial charge on any atom is -0.460 e. The molecule has 6 rings (SSSR count). The Hall–Kier alpha value is -4.10. The summed E-state index contributed by atoms with van der Waals surface area (Å²) in [6, 6.07) is 3.69. The van der Waals surface area contributed by atoms with Gasteiger partial charge in [-0.1, -0.05) is 63.8 Å². The van der Waals surface area contributed by atoms with E-state index in [4.69, 9.17) is 23.8 Å². The molecule has 8 unspecified atom stereocenters. The molecule has 1 aromatic rings. The minimum absolute atomic E-state index is 0.0384. The fraction of sp³-hybridized carbons (Fsp3) is 0.717. The first-order valence-electron chi connectivity index (χ1n) is 22.8. The Bertz CT molecular complexity index is 1860. The molecule has 4 aliphatic heterocycles. The number of likely N-dealkylation sites (tertiary alicyclic amines) is 1. The van der Waals surface area contributed by atoms with Crippen LogP contribution in [-0.2, 0) is 59.0 Å². The third kappa shape index (κ3) is 11.5. The van der Waals surface area contributed by atoms with Crippen LogP contribution in [0, 0.1) is 5.41 Å². The van der Waals surface area contributed by atoms with E-state index in [0.717, 1.165) is 44.6 Å². The minimum atomic E-state index is -4.67. The SMILES string of the molecule is CCCCCC1(CCCCC)OC2C3CC4(C(=O)N5CCCC5C(=O)NC(CO)CCC(=O)OC(C)(C)C)C(ON(Cc5cccc(C=CC(=O)OCC(F)(F)F)c5)C4C(=O)O3)C2O1. The number of aliphatic hydroxyl groups excluding tert-OH is 1. The molecule has 5 fully saturated rings. The van der Waals surface area contributed by atoms with E-state index in [0.29, 0.717) is 36.8 Å². The van der Waals surface area contributed by atoms with Crippen LogP contribution in [0.5, 0.6) is 0 Å². The van der Waals surface area contributed by atoms with Crippen molar-refractivity contribution >= 4 is 35.8 Å². The predicted octanol–water partition coefficient (Wildman–Crippen LogP) is 5.84. The molecule has 0 spiro atoms. The summed E-state index contributed by atoms with van der Waals surface area (Å²) in [4.78, 5) is 76.8. The van der Waals surface area contributed by atoms with Gasteiger partial charge in [0.15, 0.2) is 18.4 Å². The Labute approximate surface area is 372 Å². The lowest BCUT2D eigenvalue weighted by Crippen LogP contribution is -2.70. The number of benzene rings is 1. The van der Waals surface area contributed by atoms with Crippen LogP contribution >= 0.6 is 0 Å². The maximum atomic E-state index is 15.5. The second-order valence-corrected chi connectivity index (χ2v) is 18.7. The molecule has 1 saturated carbocycles. The number of hydrogen-bond donors (Lipinski definition) is 2. The number of nitrogens with one attached hydrogen (secondary N) is 1. The van der Waals surface area contributed by atoms with Crippen LogP contribution in [0.1, 0.15) is 129 Å². The van der Waals surface area contributed by atoms with Crippen LogP contribution in [0.2, 0.25) is 0 Å². The average molecular weight is 908 g/mol. The molecular formula is C46H64F3N3O12. The highest BCUT2D eigenvalue weighted by Gasteiger charge is 2.77. The van der Waals surface area contributed by atoms with Crippen molar-refractivity contribution in [1.82, 2.24) is 15.3 Å². The molecule has 2 amide bonds. The number of carbonyl (C=O) groups is 5. The molecule has 2 bridgehead atoms.